The van der Waals surface area contributed by atoms with Gasteiger partial charge in [-0.15, -0.1) is 11.3 Å². The van der Waals surface area contributed by atoms with E-state index in [0.29, 0.717) is 47.9 Å². The molecule has 0 aliphatic carbocycles. The quantitative estimate of drug-likeness (QED) is 0.481. The summed E-state index contributed by atoms with van der Waals surface area (Å²) >= 11 is 1.42. The van der Waals surface area contributed by atoms with Crippen molar-refractivity contribution in [2.45, 2.75) is 38.4 Å². The number of hydrogen-bond donors (Lipinski definition) is 2. The minimum atomic E-state index is -4.37. The Balaban J connectivity index is 1.32. The predicted molar refractivity (Wildman–Crippen MR) is 125 cm³/mol. The number of amides is 2. The van der Waals surface area contributed by atoms with Crippen LogP contribution in [-0.2, 0) is 24.2 Å². The lowest BCUT2D eigenvalue weighted by atomic mass is 10.00. The standard InChI is InChI=1S/C24H21F4N5O2S/c25-17-11-30-22(32-21(17)31-15-1-2-16-13(9-15)4-7-29-23(16)35)19-10-14-12-33(8-5-18(14)36-19)20(34)3-6-24(26,27)28/h1-2,9-11H,3-8,12H2,(H,29,35)(H,30,31,32). The van der Waals surface area contributed by atoms with Gasteiger partial charge in [-0.3, -0.25) is 9.59 Å². The van der Waals surface area contributed by atoms with Crippen LogP contribution in [0.1, 0.15) is 39.2 Å². The van der Waals surface area contributed by atoms with Crippen molar-refractivity contribution in [3.05, 3.63) is 57.8 Å². The van der Waals surface area contributed by atoms with Crippen molar-refractivity contribution in [2.24, 2.45) is 0 Å². The number of anilines is 2. The molecule has 0 saturated carbocycles. The fraction of sp³-hybridized carbons (Fsp3) is 0.333. The summed E-state index contributed by atoms with van der Waals surface area (Å²) in [5, 5.41) is 5.74. The first kappa shape index (κ1) is 24.2. The topological polar surface area (TPSA) is 87.2 Å². The number of halogens is 4. The SMILES string of the molecule is O=C1NCCc2cc(Nc3nc(-c4cc5c(s4)CCN(C(=O)CCC(F)(F)F)C5)ncc3F)ccc21. The molecule has 2 amide bonds. The first-order valence-electron chi connectivity index (χ1n) is 11.3. The van der Waals surface area contributed by atoms with Crippen molar-refractivity contribution in [1.29, 1.82) is 0 Å². The molecular weight excluding hydrogens is 498 g/mol. The number of alkyl halides is 3. The maximum absolute atomic E-state index is 14.5. The second-order valence-electron chi connectivity index (χ2n) is 8.63. The Kier molecular flexibility index (Phi) is 6.37. The molecule has 0 bridgehead atoms. The highest BCUT2D eigenvalue weighted by atomic mass is 32.1. The van der Waals surface area contributed by atoms with Gasteiger partial charge in [0.1, 0.15) is 0 Å². The van der Waals surface area contributed by atoms with E-state index in [1.807, 2.05) is 0 Å². The molecule has 1 aromatic carbocycles. The summed E-state index contributed by atoms with van der Waals surface area (Å²) in [7, 11) is 0. The van der Waals surface area contributed by atoms with Crippen molar-refractivity contribution < 1.29 is 27.2 Å². The molecule has 0 atom stereocenters. The highest BCUT2D eigenvalue weighted by Gasteiger charge is 2.30. The monoisotopic (exact) mass is 519 g/mol. The van der Waals surface area contributed by atoms with Gasteiger partial charge in [0.25, 0.3) is 5.91 Å². The lowest BCUT2D eigenvalue weighted by Crippen LogP contribution is -2.35. The summed E-state index contributed by atoms with van der Waals surface area (Å²) in [5.74, 6) is -1.03. The number of thiophene rings is 1. The van der Waals surface area contributed by atoms with Crippen molar-refractivity contribution in [3.63, 3.8) is 0 Å². The number of nitrogens with one attached hydrogen (secondary N) is 2. The molecule has 36 heavy (non-hydrogen) atoms. The zero-order valence-electron chi connectivity index (χ0n) is 18.9. The van der Waals surface area contributed by atoms with Crippen molar-refractivity contribution >= 4 is 34.7 Å². The maximum atomic E-state index is 14.5. The first-order valence-corrected chi connectivity index (χ1v) is 12.1. The number of rotatable bonds is 5. The van der Waals surface area contributed by atoms with Crippen molar-refractivity contribution in [3.8, 4) is 10.7 Å². The van der Waals surface area contributed by atoms with Gasteiger partial charge in [0.05, 0.1) is 17.5 Å². The third-order valence-electron chi connectivity index (χ3n) is 6.10. The molecule has 4 heterocycles. The Morgan fingerprint density at radius 2 is 2.03 bits per heavy atom. The molecule has 0 spiro atoms. The molecule has 5 rings (SSSR count). The Labute approximate surface area is 207 Å². The van der Waals surface area contributed by atoms with Gasteiger partial charge in [0.15, 0.2) is 17.5 Å². The van der Waals surface area contributed by atoms with E-state index in [1.165, 1.54) is 16.2 Å². The largest absolute Gasteiger partial charge is 0.389 e. The van der Waals surface area contributed by atoms with Gasteiger partial charge >= 0.3 is 6.18 Å². The fourth-order valence-electron chi connectivity index (χ4n) is 4.28. The van der Waals surface area contributed by atoms with Crippen LogP contribution in [0.4, 0.5) is 29.1 Å². The van der Waals surface area contributed by atoms with Gasteiger partial charge < -0.3 is 15.5 Å². The molecule has 7 nitrogen and oxygen atoms in total. The minimum absolute atomic E-state index is 0.0180. The van der Waals surface area contributed by atoms with Crippen LogP contribution in [0.5, 0.6) is 0 Å². The molecule has 2 aliphatic heterocycles. The zero-order chi connectivity index (χ0) is 25.4. The lowest BCUT2D eigenvalue weighted by molar-refractivity contribution is -0.149. The molecule has 0 unspecified atom stereocenters. The number of nitrogens with zero attached hydrogens (tertiary/aromatic N) is 3. The van der Waals surface area contributed by atoms with E-state index in [2.05, 4.69) is 20.6 Å². The zero-order valence-corrected chi connectivity index (χ0v) is 19.7. The van der Waals surface area contributed by atoms with Crippen LogP contribution < -0.4 is 10.6 Å². The number of hydrogen-bond acceptors (Lipinski definition) is 6. The first-order chi connectivity index (χ1) is 17.2. The number of benzene rings is 1. The van der Waals surface area contributed by atoms with Gasteiger partial charge in [-0.1, -0.05) is 0 Å². The second kappa shape index (κ2) is 9.49. The van der Waals surface area contributed by atoms with Gasteiger partial charge in [-0.25, -0.2) is 14.4 Å². The summed E-state index contributed by atoms with van der Waals surface area (Å²) in [6, 6.07) is 6.96. The van der Waals surface area contributed by atoms with Crippen LogP contribution >= 0.6 is 11.3 Å². The molecule has 2 N–H and O–H groups in total. The minimum Gasteiger partial charge on any atom is -0.352 e. The Morgan fingerprint density at radius 3 is 2.83 bits per heavy atom. The molecular formula is C24H21F4N5O2S. The molecule has 0 fully saturated rings. The van der Waals surface area contributed by atoms with Crippen LogP contribution in [0.2, 0.25) is 0 Å². The molecule has 3 aromatic rings. The van der Waals surface area contributed by atoms with E-state index in [4.69, 9.17) is 0 Å². The molecule has 12 heteroatoms. The summed E-state index contributed by atoms with van der Waals surface area (Å²) in [6.07, 6.45) is -3.81. The van der Waals surface area contributed by atoms with Gasteiger partial charge in [-0.2, -0.15) is 13.2 Å². The fourth-order valence-corrected chi connectivity index (χ4v) is 5.38. The van der Waals surface area contributed by atoms with Crippen molar-refractivity contribution in [1.82, 2.24) is 20.2 Å². The van der Waals surface area contributed by atoms with Gasteiger partial charge in [0.2, 0.25) is 5.91 Å². The van der Waals surface area contributed by atoms with Gasteiger partial charge in [-0.05, 0) is 48.2 Å². The summed E-state index contributed by atoms with van der Waals surface area (Å²) in [5.41, 5.74) is 2.87. The highest BCUT2D eigenvalue weighted by molar-refractivity contribution is 7.15. The average Bonchev–Trinajstić information content (AvgIpc) is 3.27. The Hall–Kier alpha value is -3.54. The predicted octanol–water partition coefficient (Wildman–Crippen LogP) is 4.60. The molecule has 0 radical (unpaired) electrons. The molecule has 2 aromatic heterocycles. The van der Waals surface area contributed by atoms with Gasteiger partial charge in [0, 0.05) is 42.2 Å². The average molecular weight is 520 g/mol. The van der Waals surface area contributed by atoms with Crippen LogP contribution in [-0.4, -0.2) is 45.9 Å². The number of fused-ring (bicyclic) bond motifs is 2. The lowest BCUT2D eigenvalue weighted by Gasteiger charge is -2.27. The summed E-state index contributed by atoms with van der Waals surface area (Å²) in [6.45, 7) is 1.10. The summed E-state index contributed by atoms with van der Waals surface area (Å²) < 4.78 is 51.9. The molecule has 2 aliphatic rings. The normalized spacial score (nSPS) is 15.2. The number of carbonyl (C=O) groups is 2. The third kappa shape index (κ3) is 5.18. The van der Waals surface area contributed by atoms with Crippen LogP contribution in [0.25, 0.3) is 10.7 Å². The Morgan fingerprint density at radius 1 is 1.19 bits per heavy atom. The number of carbonyl (C=O) groups excluding carboxylic acids is 2. The van der Waals surface area contributed by atoms with E-state index >= 15 is 0 Å². The Bertz CT molecular complexity index is 1340. The van der Waals surface area contributed by atoms with Crippen LogP contribution in [0.3, 0.4) is 0 Å². The van der Waals surface area contributed by atoms with E-state index < -0.39 is 30.7 Å². The van der Waals surface area contributed by atoms with E-state index in [0.717, 1.165) is 22.2 Å². The summed E-state index contributed by atoms with van der Waals surface area (Å²) in [4.78, 5) is 35.7. The smallest absolute Gasteiger partial charge is 0.352 e. The van der Waals surface area contributed by atoms with Crippen molar-refractivity contribution in [2.75, 3.05) is 18.4 Å². The van der Waals surface area contributed by atoms with Crippen LogP contribution in [0, 0.1) is 5.82 Å². The third-order valence-corrected chi connectivity index (χ3v) is 7.33. The number of aromatic nitrogens is 2. The van der Waals surface area contributed by atoms with E-state index in [9.17, 15) is 27.2 Å². The van der Waals surface area contributed by atoms with E-state index in [1.54, 1.807) is 24.3 Å². The molecule has 188 valence electrons. The van der Waals surface area contributed by atoms with E-state index in [-0.39, 0.29) is 18.3 Å². The highest BCUT2D eigenvalue weighted by Crippen LogP contribution is 2.35. The maximum Gasteiger partial charge on any atom is 0.389 e. The van der Waals surface area contributed by atoms with Crippen LogP contribution in [0.15, 0.2) is 30.5 Å². The second-order valence-corrected chi connectivity index (χ2v) is 9.77. The molecule has 0 saturated heterocycles.